The summed E-state index contributed by atoms with van der Waals surface area (Å²) in [5.74, 6) is -2.47. The minimum Gasteiger partial charge on any atom is -0.493 e. The molecule has 1 fully saturated rings. The molecule has 1 aliphatic heterocycles. The number of carbonyl (C=O) groups is 3. The largest absolute Gasteiger partial charge is 0.493 e. The first-order valence-electron chi connectivity index (χ1n) is 13.0. The van der Waals surface area contributed by atoms with E-state index in [1.165, 1.54) is 26.3 Å². The molecule has 1 aromatic rings. The van der Waals surface area contributed by atoms with Crippen molar-refractivity contribution in [2.24, 2.45) is 5.92 Å². The van der Waals surface area contributed by atoms with Gasteiger partial charge in [0.15, 0.2) is 23.2 Å². The number of alkyl halides is 3. The van der Waals surface area contributed by atoms with Gasteiger partial charge in [-0.3, -0.25) is 9.59 Å². The number of nitrogens with one attached hydrogen (secondary N) is 1. The van der Waals surface area contributed by atoms with E-state index < -0.39 is 55.5 Å². The van der Waals surface area contributed by atoms with Crippen molar-refractivity contribution in [2.75, 3.05) is 33.7 Å². The third-order valence-corrected chi connectivity index (χ3v) is 6.14. The number of amides is 1. The molecule has 1 N–H and O–H groups in total. The van der Waals surface area contributed by atoms with Gasteiger partial charge in [-0.1, -0.05) is 19.8 Å². The Hall–Kier alpha value is -3.13. The molecule has 2 heterocycles. The van der Waals surface area contributed by atoms with E-state index in [0.29, 0.717) is 6.42 Å². The Labute approximate surface area is 231 Å². The summed E-state index contributed by atoms with van der Waals surface area (Å²) in [5.41, 5.74) is -0.237. The SMILES string of the molecule is CCCC[C@H]1[C@H](C)OC(=O)[C@@H](NC(=O)c2nccc(OC)c2OCOC(C)=O)COC[C@@H]1OCCCC(F)(F)F. The summed E-state index contributed by atoms with van der Waals surface area (Å²) in [5, 5.41) is 2.52. The minimum atomic E-state index is -4.28. The predicted octanol–water partition coefficient (Wildman–Crippen LogP) is 3.58. The average Bonchev–Trinajstić information content (AvgIpc) is 2.93. The van der Waals surface area contributed by atoms with Gasteiger partial charge < -0.3 is 33.7 Å². The van der Waals surface area contributed by atoms with E-state index in [4.69, 9.17) is 28.4 Å². The van der Waals surface area contributed by atoms with Crippen molar-refractivity contribution in [1.82, 2.24) is 10.3 Å². The van der Waals surface area contributed by atoms with E-state index in [1.807, 2.05) is 6.92 Å². The van der Waals surface area contributed by atoms with E-state index in [1.54, 1.807) is 6.92 Å². The summed E-state index contributed by atoms with van der Waals surface area (Å²) in [4.78, 5) is 41.3. The number of esters is 2. The normalized spacial score (nSPS) is 21.8. The molecule has 0 bridgehead atoms. The lowest BCUT2D eigenvalue weighted by molar-refractivity contribution is -0.156. The van der Waals surface area contributed by atoms with Gasteiger partial charge >= 0.3 is 18.1 Å². The first kappa shape index (κ1) is 33.1. The van der Waals surface area contributed by atoms with Crippen molar-refractivity contribution in [3.05, 3.63) is 18.0 Å². The molecule has 0 unspecified atom stereocenters. The van der Waals surface area contributed by atoms with Crippen molar-refractivity contribution < 1.29 is 56.0 Å². The number of hydrogen-bond donors (Lipinski definition) is 1. The highest BCUT2D eigenvalue weighted by Crippen LogP contribution is 2.30. The number of methoxy groups -OCH3 is 1. The number of halogens is 3. The van der Waals surface area contributed by atoms with Crippen molar-refractivity contribution in [2.45, 2.75) is 77.3 Å². The van der Waals surface area contributed by atoms with Gasteiger partial charge in [-0.25, -0.2) is 9.78 Å². The Morgan fingerprint density at radius 3 is 2.62 bits per heavy atom. The van der Waals surface area contributed by atoms with Crippen LogP contribution in [0.3, 0.4) is 0 Å². The van der Waals surface area contributed by atoms with Gasteiger partial charge in [-0.15, -0.1) is 0 Å². The molecule has 0 aliphatic carbocycles. The number of cyclic esters (lactones) is 1. The van der Waals surface area contributed by atoms with E-state index in [9.17, 15) is 27.6 Å². The maximum absolute atomic E-state index is 13.1. The van der Waals surface area contributed by atoms with Crippen LogP contribution in [0.5, 0.6) is 11.5 Å². The smallest absolute Gasteiger partial charge is 0.389 e. The summed E-state index contributed by atoms with van der Waals surface area (Å²) in [6, 6.07) is 0.199. The molecule has 14 heteroatoms. The van der Waals surface area contributed by atoms with Crippen molar-refractivity contribution >= 4 is 17.8 Å². The van der Waals surface area contributed by atoms with E-state index in [2.05, 4.69) is 10.3 Å². The van der Waals surface area contributed by atoms with Gasteiger partial charge in [0.1, 0.15) is 6.10 Å². The van der Waals surface area contributed by atoms with Crippen LogP contribution in [0.25, 0.3) is 0 Å². The number of carbonyl (C=O) groups excluding carboxylic acids is 3. The van der Waals surface area contributed by atoms with Gasteiger partial charge in [-0.05, 0) is 19.8 Å². The number of nitrogens with zero attached hydrogens (tertiary/aromatic N) is 1. The summed E-state index contributed by atoms with van der Waals surface area (Å²) < 4.78 is 70.2. The molecule has 1 saturated heterocycles. The molecule has 1 amide bonds. The molecule has 40 heavy (non-hydrogen) atoms. The topological polar surface area (TPSA) is 132 Å². The molecule has 2 rings (SSSR count). The van der Waals surface area contributed by atoms with Crippen LogP contribution in [0.15, 0.2) is 12.3 Å². The maximum atomic E-state index is 13.1. The number of pyridine rings is 1. The van der Waals surface area contributed by atoms with Gasteiger partial charge in [0.2, 0.25) is 6.79 Å². The molecule has 11 nitrogen and oxygen atoms in total. The van der Waals surface area contributed by atoms with Crippen LogP contribution in [-0.4, -0.2) is 81.0 Å². The van der Waals surface area contributed by atoms with Crippen molar-refractivity contribution in [1.29, 1.82) is 0 Å². The first-order chi connectivity index (χ1) is 19.0. The fourth-order valence-corrected chi connectivity index (χ4v) is 4.08. The fourth-order valence-electron chi connectivity index (χ4n) is 4.08. The van der Waals surface area contributed by atoms with Gasteiger partial charge in [0, 0.05) is 38.1 Å². The Kier molecular flexibility index (Phi) is 13.4. The lowest BCUT2D eigenvalue weighted by atomic mass is 9.91. The van der Waals surface area contributed by atoms with Crippen LogP contribution in [0.4, 0.5) is 13.2 Å². The Morgan fingerprint density at radius 2 is 1.98 bits per heavy atom. The average molecular weight is 579 g/mol. The molecule has 0 spiro atoms. The molecule has 1 aromatic heterocycles. The highest BCUT2D eigenvalue weighted by atomic mass is 19.4. The second-order valence-electron chi connectivity index (χ2n) is 9.23. The molecule has 4 atom stereocenters. The number of rotatable bonds is 13. The van der Waals surface area contributed by atoms with Crippen LogP contribution in [0.1, 0.15) is 63.4 Å². The van der Waals surface area contributed by atoms with Crippen molar-refractivity contribution in [3.63, 3.8) is 0 Å². The number of hydrogen-bond acceptors (Lipinski definition) is 10. The summed E-state index contributed by atoms with van der Waals surface area (Å²) in [6.45, 7) is 3.92. The van der Waals surface area contributed by atoms with Gasteiger partial charge in [0.25, 0.3) is 5.91 Å². The highest BCUT2D eigenvalue weighted by Gasteiger charge is 2.36. The summed E-state index contributed by atoms with van der Waals surface area (Å²) in [7, 11) is 1.34. The van der Waals surface area contributed by atoms with Crippen LogP contribution in [0, 0.1) is 5.92 Å². The molecular formula is C26H37F3N2O9. The zero-order chi connectivity index (χ0) is 29.7. The monoisotopic (exact) mass is 578 g/mol. The minimum absolute atomic E-state index is 0.0120. The lowest BCUT2D eigenvalue weighted by Crippen LogP contribution is -2.46. The fraction of sp³-hybridized carbons (Fsp3) is 0.692. The quantitative estimate of drug-likeness (QED) is 0.210. The van der Waals surface area contributed by atoms with Crippen LogP contribution in [-0.2, 0) is 28.5 Å². The summed E-state index contributed by atoms with van der Waals surface area (Å²) in [6.07, 6.45) is -3.19. The number of ether oxygens (including phenoxy) is 6. The van der Waals surface area contributed by atoms with Gasteiger partial charge in [0.05, 0.1) is 26.4 Å². The molecule has 0 aromatic carbocycles. The maximum Gasteiger partial charge on any atom is 0.389 e. The second kappa shape index (κ2) is 16.2. The highest BCUT2D eigenvalue weighted by molar-refractivity contribution is 5.98. The zero-order valence-corrected chi connectivity index (χ0v) is 23.1. The zero-order valence-electron chi connectivity index (χ0n) is 23.1. The standard InChI is InChI=1S/C26H37F3N2O9/c1-5-6-8-18-16(2)40-25(34)19(13-36-14-21(18)37-12-7-10-26(27,28)29)31-24(33)22-23(39-15-38-17(3)32)20(35-4)9-11-30-22/h9,11,16,18-19,21H,5-8,10,12-15H2,1-4H3,(H,31,33)/t16-,18-,19-,21-/m0/s1. The molecule has 226 valence electrons. The van der Waals surface area contributed by atoms with E-state index in [0.717, 1.165) is 12.8 Å². The van der Waals surface area contributed by atoms with E-state index in [-0.39, 0.29) is 49.4 Å². The predicted molar refractivity (Wildman–Crippen MR) is 134 cm³/mol. The van der Waals surface area contributed by atoms with Crippen LogP contribution in [0.2, 0.25) is 0 Å². The Bertz CT molecular complexity index is 977. The van der Waals surface area contributed by atoms with Gasteiger partial charge in [-0.2, -0.15) is 13.2 Å². The number of unbranched alkanes of at least 4 members (excludes halogenated alkanes) is 1. The summed E-state index contributed by atoms with van der Waals surface area (Å²) >= 11 is 0. The molecular weight excluding hydrogens is 541 g/mol. The second-order valence-corrected chi connectivity index (χ2v) is 9.23. The Morgan fingerprint density at radius 1 is 1.23 bits per heavy atom. The van der Waals surface area contributed by atoms with E-state index >= 15 is 0 Å². The lowest BCUT2D eigenvalue weighted by Gasteiger charge is -2.30. The van der Waals surface area contributed by atoms with Crippen LogP contribution < -0.4 is 14.8 Å². The first-order valence-corrected chi connectivity index (χ1v) is 13.0. The van der Waals surface area contributed by atoms with Crippen LogP contribution >= 0.6 is 0 Å². The molecule has 0 saturated carbocycles. The van der Waals surface area contributed by atoms with Crippen molar-refractivity contribution in [3.8, 4) is 11.5 Å². The molecule has 1 aliphatic rings. The number of aromatic nitrogens is 1. The third-order valence-electron chi connectivity index (χ3n) is 6.14. The molecule has 0 radical (unpaired) electrons. The Balaban J connectivity index is 2.16. The third kappa shape index (κ3) is 10.8.